The molecule has 7 heteroatoms. The van der Waals surface area contributed by atoms with E-state index in [9.17, 15) is 19.7 Å². The molecule has 7 nitrogen and oxygen atoms in total. The molecule has 0 aliphatic heterocycles. The average molecular weight is 294 g/mol. The molecule has 0 saturated carbocycles. The molecule has 0 fully saturated rings. The molecule has 0 unspecified atom stereocenters. The Morgan fingerprint density at radius 2 is 2.10 bits per heavy atom. The Hall–Kier alpha value is -2.44. The predicted octanol–water partition coefficient (Wildman–Crippen LogP) is 2.09. The summed E-state index contributed by atoms with van der Waals surface area (Å²) >= 11 is 0. The number of nitrogens with zero attached hydrogens (tertiary/aromatic N) is 1. The summed E-state index contributed by atoms with van der Waals surface area (Å²) in [4.78, 5) is 33.1. The molecular formula is C14H18N2O5. The number of carbonyl (C=O) groups is 2. The van der Waals surface area contributed by atoms with Crippen LogP contribution in [0, 0.1) is 10.1 Å². The number of nitrogens with one attached hydrogen (secondary N) is 1. The molecule has 1 N–H and O–H groups in total. The molecule has 0 saturated heterocycles. The van der Waals surface area contributed by atoms with Gasteiger partial charge in [0, 0.05) is 18.7 Å². The molecule has 0 aliphatic carbocycles. The number of hydrogen-bond acceptors (Lipinski definition) is 5. The standard InChI is InChI=1S/C14H18N2O5/c1-3-4-7-15-14(18)9-21-13-6-5-11(16(19)20)8-12(13)10(2)17/h5-6,8H,3-4,7,9H2,1-2H3,(H,15,18). The number of hydrogen-bond donors (Lipinski definition) is 1. The highest BCUT2D eigenvalue weighted by Gasteiger charge is 2.15. The molecule has 0 atom stereocenters. The van der Waals surface area contributed by atoms with E-state index >= 15 is 0 Å². The van der Waals surface area contributed by atoms with Gasteiger partial charge in [-0.2, -0.15) is 0 Å². The first kappa shape index (κ1) is 16.6. The number of non-ortho nitro benzene ring substituents is 1. The van der Waals surface area contributed by atoms with Gasteiger partial charge in [-0.05, 0) is 19.4 Å². The van der Waals surface area contributed by atoms with Crippen LogP contribution < -0.4 is 10.1 Å². The lowest BCUT2D eigenvalue weighted by Gasteiger charge is -2.10. The molecule has 1 amide bonds. The van der Waals surface area contributed by atoms with E-state index < -0.39 is 4.92 Å². The number of amides is 1. The van der Waals surface area contributed by atoms with Crippen LogP contribution in [0.5, 0.6) is 5.75 Å². The molecule has 0 aromatic heterocycles. The van der Waals surface area contributed by atoms with Crippen LogP contribution in [-0.2, 0) is 4.79 Å². The number of carbonyl (C=O) groups excluding carboxylic acids is 2. The highest BCUT2D eigenvalue weighted by Crippen LogP contribution is 2.24. The minimum absolute atomic E-state index is 0.0885. The molecule has 114 valence electrons. The Kier molecular flexibility index (Phi) is 6.32. The third-order valence-electron chi connectivity index (χ3n) is 2.76. The van der Waals surface area contributed by atoms with Crippen LogP contribution in [-0.4, -0.2) is 29.8 Å². The molecule has 0 aliphatic rings. The van der Waals surface area contributed by atoms with E-state index in [1.165, 1.54) is 19.1 Å². The van der Waals surface area contributed by atoms with E-state index in [2.05, 4.69) is 5.32 Å². The molecule has 21 heavy (non-hydrogen) atoms. The average Bonchev–Trinajstić information content (AvgIpc) is 2.45. The van der Waals surface area contributed by atoms with Crippen molar-refractivity contribution in [2.75, 3.05) is 13.2 Å². The smallest absolute Gasteiger partial charge is 0.270 e. The van der Waals surface area contributed by atoms with Gasteiger partial charge in [-0.15, -0.1) is 0 Å². The van der Waals surface area contributed by atoms with Gasteiger partial charge in [0.15, 0.2) is 12.4 Å². The summed E-state index contributed by atoms with van der Waals surface area (Å²) in [7, 11) is 0. The van der Waals surface area contributed by atoms with Crippen molar-refractivity contribution in [3.63, 3.8) is 0 Å². The summed E-state index contributed by atoms with van der Waals surface area (Å²) in [5.74, 6) is -0.491. The first-order valence-corrected chi connectivity index (χ1v) is 6.64. The number of benzene rings is 1. The lowest BCUT2D eigenvalue weighted by molar-refractivity contribution is -0.384. The molecule has 1 aromatic carbocycles. The maximum atomic E-state index is 11.5. The highest BCUT2D eigenvalue weighted by atomic mass is 16.6. The summed E-state index contributed by atoms with van der Waals surface area (Å²) < 4.78 is 5.27. The van der Waals surface area contributed by atoms with E-state index in [0.29, 0.717) is 6.54 Å². The second-order valence-corrected chi connectivity index (χ2v) is 4.49. The number of rotatable bonds is 8. The van der Waals surface area contributed by atoms with Crippen molar-refractivity contribution in [2.45, 2.75) is 26.7 Å². The minimum Gasteiger partial charge on any atom is -0.483 e. The summed E-state index contributed by atoms with van der Waals surface area (Å²) in [5, 5.41) is 13.4. The first-order chi connectivity index (χ1) is 9.95. The van der Waals surface area contributed by atoms with Crippen LogP contribution in [0.1, 0.15) is 37.0 Å². The third-order valence-corrected chi connectivity index (χ3v) is 2.76. The summed E-state index contributed by atoms with van der Waals surface area (Å²) in [5.41, 5.74) is -0.106. The molecule has 1 aromatic rings. The topological polar surface area (TPSA) is 98.5 Å². The van der Waals surface area contributed by atoms with Gasteiger partial charge < -0.3 is 10.1 Å². The zero-order valence-corrected chi connectivity index (χ0v) is 12.0. The monoisotopic (exact) mass is 294 g/mol. The van der Waals surface area contributed by atoms with Crippen molar-refractivity contribution in [2.24, 2.45) is 0 Å². The molecular weight excluding hydrogens is 276 g/mol. The molecule has 1 rings (SSSR count). The fraction of sp³-hybridized carbons (Fsp3) is 0.429. The first-order valence-electron chi connectivity index (χ1n) is 6.64. The number of ketones is 1. The Morgan fingerprint density at radius 3 is 2.67 bits per heavy atom. The van der Waals surface area contributed by atoms with Gasteiger partial charge in [0.1, 0.15) is 5.75 Å². The Morgan fingerprint density at radius 1 is 1.38 bits per heavy atom. The molecule has 0 heterocycles. The number of nitro groups is 1. The van der Waals surface area contributed by atoms with Gasteiger partial charge in [-0.25, -0.2) is 0 Å². The number of Topliss-reactive ketones (excluding diaryl/α,β-unsaturated/α-hetero) is 1. The fourth-order valence-corrected chi connectivity index (χ4v) is 1.63. The summed E-state index contributed by atoms with van der Waals surface area (Å²) in [6, 6.07) is 3.71. The predicted molar refractivity (Wildman–Crippen MR) is 76.5 cm³/mol. The van der Waals surface area contributed by atoms with Gasteiger partial charge in [-0.1, -0.05) is 13.3 Å². The van der Waals surface area contributed by atoms with Gasteiger partial charge in [0.05, 0.1) is 10.5 Å². The maximum Gasteiger partial charge on any atom is 0.270 e. The van der Waals surface area contributed by atoms with Crippen LogP contribution in [0.25, 0.3) is 0 Å². The lowest BCUT2D eigenvalue weighted by Crippen LogP contribution is -2.29. The number of ether oxygens (including phenoxy) is 1. The van der Waals surface area contributed by atoms with Crippen LogP contribution >= 0.6 is 0 Å². The van der Waals surface area contributed by atoms with Crippen molar-refractivity contribution < 1.29 is 19.2 Å². The van der Waals surface area contributed by atoms with Crippen molar-refractivity contribution in [3.8, 4) is 5.75 Å². The van der Waals surface area contributed by atoms with Crippen molar-refractivity contribution in [1.82, 2.24) is 5.32 Å². The zero-order chi connectivity index (χ0) is 15.8. The SMILES string of the molecule is CCCCNC(=O)COc1ccc([N+](=O)[O-])cc1C(C)=O. The Labute approximate surface area is 122 Å². The zero-order valence-electron chi connectivity index (χ0n) is 12.0. The normalized spacial score (nSPS) is 10.0. The fourth-order valence-electron chi connectivity index (χ4n) is 1.63. The maximum absolute atomic E-state index is 11.5. The van der Waals surface area contributed by atoms with Gasteiger partial charge >= 0.3 is 0 Å². The van der Waals surface area contributed by atoms with Crippen LogP contribution in [0.4, 0.5) is 5.69 Å². The minimum atomic E-state index is -0.590. The lowest BCUT2D eigenvalue weighted by atomic mass is 10.1. The van der Waals surface area contributed by atoms with E-state index in [4.69, 9.17) is 4.74 Å². The molecule has 0 bridgehead atoms. The van der Waals surface area contributed by atoms with E-state index in [0.717, 1.165) is 18.9 Å². The van der Waals surface area contributed by atoms with Crippen molar-refractivity contribution >= 4 is 17.4 Å². The van der Waals surface area contributed by atoms with Gasteiger partial charge in [0.2, 0.25) is 0 Å². The van der Waals surface area contributed by atoms with Crippen LogP contribution in [0.2, 0.25) is 0 Å². The van der Waals surface area contributed by atoms with Crippen LogP contribution in [0.3, 0.4) is 0 Å². The summed E-state index contributed by atoms with van der Waals surface area (Å²) in [6.07, 6.45) is 1.85. The molecule has 0 radical (unpaired) electrons. The third kappa shape index (κ3) is 5.21. The quantitative estimate of drug-likeness (QED) is 0.342. The van der Waals surface area contributed by atoms with E-state index in [1.807, 2.05) is 6.92 Å². The molecule has 0 spiro atoms. The Bertz CT molecular complexity index is 542. The second kappa shape index (κ2) is 7.98. The number of unbranched alkanes of at least 4 members (excludes halogenated alkanes) is 1. The van der Waals surface area contributed by atoms with Crippen LogP contribution in [0.15, 0.2) is 18.2 Å². The van der Waals surface area contributed by atoms with E-state index in [1.54, 1.807) is 0 Å². The van der Waals surface area contributed by atoms with E-state index in [-0.39, 0.29) is 35.3 Å². The second-order valence-electron chi connectivity index (χ2n) is 4.49. The van der Waals surface area contributed by atoms with Crippen molar-refractivity contribution in [1.29, 1.82) is 0 Å². The number of nitro benzene ring substituents is 1. The highest BCUT2D eigenvalue weighted by molar-refractivity contribution is 5.97. The summed E-state index contributed by atoms with van der Waals surface area (Å²) in [6.45, 7) is 3.63. The van der Waals surface area contributed by atoms with Gasteiger partial charge in [0.25, 0.3) is 11.6 Å². The van der Waals surface area contributed by atoms with Gasteiger partial charge in [-0.3, -0.25) is 19.7 Å². The largest absolute Gasteiger partial charge is 0.483 e. The Balaban J connectivity index is 2.72. The van der Waals surface area contributed by atoms with Crippen molar-refractivity contribution in [3.05, 3.63) is 33.9 Å².